The molecule has 1 N–H and O–H groups in total. The number of anilines is 1. The van der Waals surface area contributed by atoms with Gasteiger partial charge in [-0.25, -0.2) is 9.18 Å². The number of esters is 1. The second-order valence-electron chi connectivity index (χ2n) is 7.38. The Morgan fingerprint density at radius 1 is 1.16 bits per heavy atom. The van der Waals surface area contributed by atoms with E-state index in [1.165, 1.54) is 17.4 Å². The van der Waals surface area contributed by atoms with Crippen LogP contribution in [0.5, 0.6) is 0 Å². The summed E-state index contributed by atoms with van der Waals surface area (Å²) in [6.07, 6.45) is 0.786. The first-order valence-electron chi connectivity index (χ1n) is 10.4. The van der Waals surface area contributed by atoms with Crippen LogP contribution in [0.1, 0.15) is 34.6 Å². The highest BCUT2D eigenvalue weighted by Gasteiger charge is 2.22. The molecule has 3 rings (SSSR count). The number of carbonyl (C=O) groups excluding carboxylic acids is 2. The number of amides is 1. The minimum absolute atomic E-state index is 0.134. The third-order valence-corrected chi connectivity index (χ3v) is 6.59. The molecule has 6 nitrogen and oxygen atoms in total. The summed E-state index contributed by atoms with van der Waals surface area (Å²) in [5.74, 6) is -0.971. The van der Waals surface area contributed by atoms with Gasteiger partial charge in [-0.15, -0.1) is 11.3 Å². The summed E-state index contributed by atoms with van der Waals surface area (Å²) in [7, 11) is 0. The van der Waals surface area contributed by atoms with Crippen LogP contribution in [0.15, 0.2) is 24.3 Å². The molecule has 0 atom stereocenters. The zero-order valence-corrected chi connectivity index (χ0v) is 19.3. The highest BCUT2D eigenvalue weighted by atomic mass is 35.5. The molecule has 0 spiro atoms. The molecule has 31 heavy (non-hydrogen) atoms. The predicted molar refractivity (Wildman–Crippen MR) is 121 cm³/mol. The van der Waals surface area contributed by atoms with E-state index in [-0.39, 0.29) is 24.1 Å². The van der Waals surface area contributed by atoms with Crippen LogP contribution in [0.4, 0.5) is 9.39 Å². The zero-order chi connectivity index (χ0) is 22.4. The van der Waals surface area contributed by atoms with E-state index in [0.717, 1.165) is 43.0 Å². The summed E-state index contributed by atoms with van der Waals surface area (Å²) in [5, 5.41) is 3.57. The van der Waals surface area contributed by atoms with Crippen molar-refractivity contribution in [3.8, 4) is 0 Å². The van der Waals surface area contributed by atoms with Gasteiger partial charge in [0, 0.05) is 37.6 Å². The number of hydrogen-bond donors (Lipinski definition) is 1. The largest absolute Gasteiger partial charge is 0.462 e. The van der Waals surface area contributed by atoms with Gasteiger partial charge in [0.1, 0.15) is 10.8 Å². The van der Waals surface area contributed by atoms with Crippen LogP contribution < -0.4 is 5.32 Å². The number of benzene rings is 1. The van der Waals surface area contributed by atoms with Gasteiger partial charge < -0.3 is 10.1 Å². The van der Waals surface area contributed by atoms with Crippen LogP contribution >= 0.6 is 22.9 Å². The van der Waals surface area contributed by atoms with E-state index in [9.17, 15) is 14.0 Å². The molecule has 1 aromatic carbocycles. The molecule has 1 amide bonds. The van der Waals surface area contributed by atoms with E-state index in [4.69, 9.17) is 16.3 Å². The number of nitrogens with one attached hydrogen (secondary N) is 1. The Morgan fingerprint density at radius 3 is 2.52 bits per heavy atom. The van der Waals surface area contributed by atoms with E-state index < -0.39 is 11.8 Å². The van der Waals surface area contributed by atoms with Crippen molar-refractivity contribution in [1.29, 1.82) is 0 Å². The van der Waals surface area contributed by atoms with Crippen molar-refractivity contribution in [1.82, 2.24) is 9.80 Å². The van der Waals surface area contributed by atoms with Gasteiger partial charge in [-0.1, -0.05) is 24.6 Å². The molecule has 1 fully saturated rings. The Balaban J connectivity index is 1.50. The first-order chi connectivity index (χ1) is 14.9. The van der Waals surface area contributed by atoms with Crippen molar-refractivity contribution in [3.05, 3.63) is 51.1 Å². The molecule has 2 heterocycles. The molecule has 0 unspecified atom stereocenters. The lowest BCUT2D eigenvalue weighted by molar-refractivity contribution is -0.117. The summed E-state index contributed by atoms with van der Waals surface area (Å²) in [4.78, 5) is 30.1. The first-order valence-corrected chi connectivity index (χ1v) is 11.6. The zero-order valence-electron chi connectivity index (χ0n) is 17.7. The number of rotatable bonds is 8. The topological polar surface area (TPSA) is 61.9 Å². The maximum absolute atomic E-state index is 13.3. The van der Waals surface area contributed by atoms with Crippen LogP contribution in [0.25, 0.3) is 0 Å². The van der Waals surface area contributed by atoms with E-state index >= 15 is 0 Å². The molecule has 1 saturated heterocycles. The van der Waals surface area contributed by atoms with Gasteiger partial charge in [0.2, 0.25) is 5.91 Å². The van der Waals surface area contributed by atoms with E-state index in [0.29, 0.717) is 17.1 Å². The standard InChI is InChI=1S/C22H27ClFN3O3S/c1-3-16-12-17(22(29)30-4-2)21(31-16)25-20(28)14-27-9-7-26(8-10-27)13-15-5-6-19(24)18(23)11-15/h5-6,11-12H,3-4,7-10,13-14H2,1-2H3,(H,25,28). The maximum Gasteiger partial charge on any atom is 0.341 e. The molecule has 0 saturated carbocycles. The predicted octanol–water partition coefficient (Wildman–Crippen LogP) is 4.04. The molecular weight excluding hydrogens is 441 g/mol. The van der Waals surface area contributed by atoms with E-state index in [2.05, 4.69) is 15.1 Å². The molecule has 0 aliphatic carbocycles. The quantitative estimate of drug-likeness (QED) is 0.594. The van der Waals surface area contributed by atoms with Crippen molar-refractivity contribution in [3.63, 3.8) is 0 Å². The van der Waals surface area contributed by atoms with Gasteiger partial charge in [-0.3, -0.25) is 14.6 Å². The van der Waals surface area contributed by atoms with Crippen LogP contribution in [0, 0.1) is 5.82 Å². The van der Waals surface area contributed by atoms with Crippen molar-refractivity contribution in [2.24, 2.45) is 0 Å². The van der Waals surface area contributed by atoms with Gasteiger partial charge in [0.25, 0.3) is 0 Å². The summed E-state index contributed by atoms with van der Waals surface area (Å²) in [6, 6.07) is 6.58. The number of ether oxygens (including phenoxy) is 1. The molecular formula is C22H27ClFN3O3S. The first kappa shape index (κ1) is 23.7. The Kier molecular flexibility index (Phi) is 8.43. The molecule has 168 valence electrons. The number of thiophene rings is 1. The van der Waals surface area contributed by atoms with Gasteiger partial charge in [0.05, 0.1) is 23.7 Å². The summed E-state index contributed by atoms with van der Waals surface area (Å²) >= 11 is 7.27. The Hall–Kier alpha value is -2.00. The number of hydrogen-bond acceptors (Lipinski definition) is 6. The Morgan fingerprint density at radius 2 is 1.87 bits per heavy atom. The lowest BCUT2D eigenvalue weighted by atomic mass is 10.2. The number of halogens is 2. The van der Waals surface area contributed by atoms with Crippen LogP contribution in [-0.2, 0) is 22.5 Å². The highest BCUT2D eigenvalue weighted by Crippen LogP contribution is 2.29. The third kappa shape index (κ3) is 6.49. The number of nitrogens with zero attached hydrogens (tertiary/aromatic N) is 2. The Labute approximate surface area is 190 Å². The van der Waals surface area contributed by atoms with Crippen molar-refractivity contribution >= 4 is 39.8 Å². The third-order valence-electron chi connectivity index (χ3n) is 5.10. The average Bonchev–Trinajstić information content (AvgIpc) is 3.15. The summed E-state index contributed by atoms with van der Waals surface area (Å²) < 4.78 is 18.4. The fourth-order valence-corrected chi connectivity index (χ4v) is 4.64. The summed E-state index contributed by atoms with van der Waals surface area (Å²) in [5.41, 5.74) is 1.38. The monoisotopic (exact) mass is 467 g/mol. The van der Waals surface area contributed by atoms with Crippen molar-refractivity contribution in [2.45, 2.75) is 26.8 Å². The highest BCUT2D eigenvalue weighted by molar-refractivity contribution is 7.16. The number of aryl methyl sites for hydroxylation is 1. The van der Waals surface area contributed by atoms with E-state index in [1.54, 1.807) is 25.1 Å². The molecule has 1 aromatic heterocycles. The molecule has 0 radical (unpaired) electrons. The van der Waals surface area contributed by atoms with Crippen LogP contribution in [0.2, 0.25) is 5.02 Å². The fourth-order valence-electron chi connectivity index (χ4n) is 3.44. The van der Waals surface area contributed by atoms with Crippen molar-refractivity contribution in [2.75, 3.05) is 44.6 Å². The lowest BCUT2D eigenvalue weighted by Gasteiger charge is -2.34. The van der Waals surface area contributed by atoms with Gasteiger partial charge >= 0.3 is 5.97 Å². The van der Waals surface area contributed by atoms with Gasteiger partial charge in [-0.05, 0) is 37.1 Å². The van der Waals surface area contributed by atoms with Gasteiger partial charge in [-0.2, -0.15) is 0 Å². The van der Waals surface area contributed by atoms with Crippen LogP contribution in [0.3, 0.4) is 0 Å². The normalized spacial score (nSPS) is 15.1. The molecule has 1 aliphatic rings. The maximum atomic E-state index is 13.3. The molecule has 2 aromatic rings. The Bertz CT molecular complexity index is 929. The summed E-state index contributed by atoms with van der Waals surface area (Å²) in [6.45, 7) is 8.10. The molecule has 9 heteroatoms. The van der Waals surface area contributed by atoms with Crippen molar-refractivity contribution < 1.29 is 18.7 Å². The average molecular weight is 468 g/mol. The molecule has 1 aliphatic heterocycles. The number of piperazine rings is 1. The van der Waals surface area contributed by atoms with Crippen LogP contribution in [-0.4, -0.2) is 61.0 Å². The van der Waals surface area contributed by atoms with Gasteiger partial charge in [0.15, 0.2) is 0 Å². The second-order valence-corrected chi connectivity index (χ2v) is 8.92. The lowest BCUT2D eigenvalue weighted by Crippen LogP contribution is -2.48. The number of carbonyl (C=O) groups is 2. The minimum atomic E-state index is -0.414. The van der Waals surface area contributed by atoms with E-state index in [1.807, 2.05) is 6.92 Å². The second kappa shape index (κ2) is 11.0. The fraction of sp³-hybridized carbons (Fsp3) is 0.455. The SMILES string of the molecule is CCOC(=O)c1cc(CC)sc1NC(=O)CN1CCN(Cc2ccc(F)c(Cl)c2)CC1. The molecule has 0 bridgehead atoms. The smallest absolute Gasteiger partial charge is 0.341 e. The minimum Gasteiger partial charge on any atom is -0.462 e.